The van der Waals surface area contributed by atoms with Gasteiger partial charge in [-0.2, -0.15) is 0 Å². The summed E-state index contributed by atoms with van der Waals surface area (Å²) >= 11 is 1.43. The van der Waals surface area contributed by atoms with Gasteiger partial charge in [0.15, 0.2) is 0 Å². The van der Waals surface area contributed by atoms with E-state index in [2.05, 4.69) is 29.1 Å². The number of H-pyrrole nitrogens is 1. The minimum absolute atomic E-state index is 0.0453. The van der Waals surface area contributed by atoms with Crippen molar-refractivity contribution in [1.82, 2.24) is 20.2 Å². The molecule has 0 aromatic carbocycles. The number of aromatic amines is 1. The lowest BCUT2D eigenvalue weighted by Crippen LogP contribution is -2.40. The standard InChI is InChI=1S/C20H28N4O3S/c1-13(2)11-16(22-18(25)15-5-4-8-21-15)19-23-17(12-28-19)20(26)24-9-6-14(27-3)7-10-24/h4-5,8,12-14,16,21H,6-7,9-11H2,1-3H3,(H,22,25)/t16-/m0/s1. The minimum Gasteiger partial charge on any atom is -0.381 e. The molecular formula is C20H28N4O3S. The third-order valence-corrected chi connectivity index (χ3v) is 5.92. The lowest BCUT2D eigenvalue weighted by molar-refractivity contribution is 0.0348. The maximum absolute atomic E-state index is 12.8. The molecule has 1 saturated heterocycles. The second-order valence-corrected chi connectivity index (χ2v) is 8.43. The minimum atomic E-state index is -0.221. The number of thiazole rings is 1. The van der Waals surface area contributed by atoms with Gasteiger partial charge in [0.2, 0.25) is 0 Å². The molecule has 0 bridgehead atoms. The summed E-state index contributed by atoms with van der Waals surface area (Å²) in [5, 5.41) is 5.62. The van der Waals surface area contributed by atoms with Gasteiger partial charge in [-0.3, -0.25) is 9.59 Å². The number of aromatic nitrogens is 2. The Morgan fingerprint density at radius 3 is 2.75 bits per heavy atom. The molecule has 28 heavy (non-hydrogen) atoms. The van der Waals surface area contributed by atoms with E-state index in [1.54, 1.807) is 30.8 Å². The van der Waals surface area contributed by atoms with Crippen molar-refractivity contribution in [2.45, 2.75) is 45.3 Å². The van der Waals surface area contributed by atoms with E-state index in [0.29, 0.717) is 30.4 Å². The van der Waals surface area contributed by atoms with Crippen LogP contribution in [0.25, 0.3) is 0 Å². The third-order valence-electron chi connectivity index (χ3n) is 4.96. The molecule has 1 fully saturated rings. The Morgan fingerprint density at radius 1 is 1.39 bits per heavy atom. The van der Waals surface area contributed by atoms with Crippen molar-refractivity contribution in [1.29, 1.82) is 0 Å². The number of piperidine rings is 1. The predicted molar refractivity (Wildman–Crippen MR) is 109 cm³/mol. The van der Waals surface area contributed by atoms with Gasteiger partial charge >= 0.3 is 0 Å². The van der Waals surface area contributed by atoms with Crippen molar-refractivity contribution in [3.8, 4) is 0 Å². The number of nitrogens with zero attached hydrogens (tertiary/aromatic N) is 2. The summed E-state index contributed by atoms with van der Waals surface area (Å²) in [6, 6.07) is 3.31. The third kappa shape index (κ3) is 4.99. The molecule has 3 rings (SSSR count). The number of hydrogen-bond donors (Lipinski definition) is 2. The fourth-order valence-electron chi connectivity index (χ4n) is 3.40. The molecule has 152 valence electrons. The number of hydrogen-bond acceptors (Lipinski definition) is 5. The maximum Gasteiger partial charge on any atom is 0.273 e. The number of methoxy groups -OCH3 is 1. The zero-order valence-electron chi connectivity index (χ0n) is 16.6. The number of rotatable bonds is 7. The lowest BCUT2D eigenvalue weighted by Gasteiger charge is -2.30. The highest BCUT2D eigenvalue weighted by molar-refractivity contribution is 7.09. The van der Waals surface area contributed by atoms with Gasteiger partial charge in [-0.05, 0) is 37.3 Å². The molecule has 0 unspecified atom stereocenters. The summed E-state index contributed by atoms with van der Waals surface area (Å²) in [7, 11) is 1.71. The first-order chi connectivity index (χ1) is 13.5. The van der Waals surface area contributed by atoms with Gasteiger partial charge in [-0.15, -0.1) is 11.3 Å². The largest absolute Gasteiger partial charge is 0.381 e. The molecule has 8 heteroatoms. The Bertz CT molecular complexity index is 779. The molecule has 2 N–H and O–H groups in total. The molecule has 0 radical (unpaired) electrons. The molecule has 1 aliphatic rings. The first-order valence-corrected chi connectivity index (χ1v) is 10.6. The summed E-state index contributed by atoms with van der Waals surface area (Å²) in [4.78, 5) is 34.6. The van der Waals surface area contributed by atoms with Crippen LogP contribution in [0.4, 0.5) is 0 Å². The van der Waals surface area contributed by atoms with E-state index in [9.17, 15) is 9.59 Å². The van der Waals surface area contributed by atoms with Crippen LogP contribution in [0.2, 0.25) is 0 Å². The molecule has 0 aliphatic carbocycles. The zero-order valence-corrected chi connectivity index (χ0v) is 17.4. The molecule has 0 spiro atoms. The second-order valence-electron chi connectivity index (χ2n) is 7.54. The van der Waals surface area contributed by atoms with Gasteiger partial charge in [0.25, 0.3) is 11.8 Å². The number of carbonyl (C=O) groups is 2. The van der Waals surface area contributed by atoms with Gasteiger partial charge in [0, 0.05) is 31.8 Å². The Balaban J connectivity index is 1.69. The van der Waals surface area contributed by atoms with E-state index in [0.717, 1.165) is 24.3 Å². The van der Waals surface area contributed by atoms with Crippen LogP contribution in [0.3, 0.4) is 0 Å². The summed E-state index contributed by atoms with van der Waals surface area (Å²) in [6.45, 7) is 5.58. The quantitative estimate of drug-likeness (QED) is 0.742. The molecule has 1 aliphatic heterocycles. The summed E-state index contributed by atoms with van der Waals surface area (Å²) in [6.07, 6.45) is 4.41. The Kier molecular flexibility index (Phi) is 6.85. The average molecular weight is 405 g/mol. The number of carbonyl (C=O) groups excluding carboxylic acids is 2. The molecule has 1 atom stereocenters. The highest BCUT2D eigenvalue weighted by Crippen LogP contribution is 2.26. The van der Waals surface area contributed by atoms with Crippen LogP contribution in [0.1, 0.15) is 65.1 Å². The normalized spacial score (nSPS) is 16.4. The first kappa shape index (κ1) is 20.5. The van der Waals surface area contributed by atoms with Crippen LogP contribution in [0.15, 0.2) is 23.7 Å². The fraction of sp³-hybridized carbons (Fsp3) is 0.550. The maximum atomic E-state index is 12.8. The molecule has 2 aromatic rings. The Labute approximate surface area is 169 Å². The second kappa shape index (κ2) is 9.34. The molecule has 2 aromatic heterocycles. The van der Waals surface area contributed by atoms with E-state index in [4.69, 9.17) is 4.74 Å². The van der Waals surface area contributed by atoms with Gasteiger partial charge in [-0.1, -0.05) is 13.8 Å². The smallest absolute Gasteiger partial charge is 0.273 e. The molecule has 2 amide bonds. The summed E-state index contributed by atoms with van der Waals surface area (Å²) in [5.41, 5.74) is 0.973. The van der Waals surface area contributed by atoms with Crippen LogP contribution in [-0.2, 0) is 4.74 Å². The summed E-state index contributed by atoms with van der Waals surface area (Å²) in [5.74, 6) is 0.168. The lowest BCUT2D eigenvalue weighted by atomic mass is 10.0. The van der Waals surface area contributed by atoms with Crippen LogP contribution < -0.4 is 5.32 Å². The van der Waals surface area contributed by atoms with E-state index in [1.807, 2.05) is 4.90 Å². The van der Waals surface area contributed by atoms with Crippen molar-refractivity contribution in [3.63, 3.8) is 0 Å². The molecular weight excluding hydrogens is 376 g/mol. The number of likely N-dealkylation sites (tertiary alicyclic amines) is 1. The monoisotopic (exact) mass is 404 g/mol. The topological polar surface area (TPSA) is 87.3 Å². The van der Waals surface area contributed by atoms with Crippen molar-refractivity contribution < 1.29 is 14.3 Å². The van der Waals surface area contributed by atoms with Gasteiger partial charge < -0.3 is 19.9 Å². The first-order valence-electron chi connectivity index (χ1n) is 9.69. The van der Waals surface area contributed by atoms with Gasteiger partial charge in [-0.25, -0.2) is 4.98 Å². The van der Waals surface area contributed by atoms with Crippen molar-refractivity contribution in [2.75, 3.05) is 20.2 Å². The molecule has 3 heterocycles. The van der Waals surface area contributed by atoms with E-state index in [-0.39, 0.29) is 24.0 Å². The van der Waals surface area contributed by atoms with Crippen LogP contribution >= 0.6 is 11.3 Å². The van der Waals surface area contributed by atoms with Crippen molar-refractivity contribution in [2.24, 2.45) is 5.92 Å². The van der Waals surface area contributed by atoms with Crippen LogP contribution in [0.5, 0.6) is 0 Å². The van der Waals surface area contributed by atoms with Crippen molar-refractivity contribution >= 4 is 23.2 Å². The predicted octanol–water partition coefficient (Wildman–Crippen LogP) is 3.24. The van der Waals surface area contributed by atoms with Gasteiger partial charge in [0.05, 0.1) is 12.1 Å². The zero-order chi connectivity index (χ0) is 20.1. The number of amides is 2. The van der Waals surface area contributed by atoms with E-state index >= 15 is 0 Å². The summed E-state index contributed by atoms with van der Waals surface area (Å²) < 4.78 is 5.37. The highest BCUT2D eigenvalue weighted by Gasteiger charge is 2.27. The van der Waals surface area contributed by atoms with Crippen molar-refractivity contribution in [3.05, 3.63) is 40.1 Å². The fourth-order valence-corrected chi connectivity index (χ4v) is 4.26. The van der Waals surface area contributed by atoms with Crippen LogP contribution in [-0.4, -0.2) is 53.0 Å². The van der Waals surface area contributed by atoms with E-state index in [1.165, 1.54) is 11.3 Å². The number of ether oxygens (including phenoxy) is 1. The van der Waals surface area contributed by atoms with Crippen LogP contribution in [0, 0.1) is 5.92 Å². The van der Waals surface area contributed by atoms with Gasteiger partial charge in [0.1, 0.15) is 16.4 Å². The highest BCUT2D eigenvalue weighted by atomic mass is 32.1. The Morgan fingerprint density at radius 2 is 2.14 bits per heavy atom. The average Bonchev–Trinajstić information content (AvgIpc) is 3.38. The molecule has 0 saturated carbocycles. The van der Waals surface area contributed by atoms with E-state index < -0.39 is 0 Å². The SMILES string of the molecule is COC1CCN(C(=O)c2csc([C@H](CC(C)C)NC(=O)c3ccc[nH]3)n2)CC1. The molecule has 7 nitrogen and oxygen atoms in total. The number of nitrogens with one attached hydrogen (secondary N) is 2. The Hall–Kier alpha value is -2.19.